The van der Waals surface area contributed by atoms with Crippen molar-refractivity contribution in [3.63, 3.8) is 0 Å². The zero-order valence-corrected chi connectivity index (χ0v) is 22.3. The van der Waals surface area contributed by atoms with E-state index < -0.39 is 0 Å². The highest BCUT2D eigenvalue weighted by Crippen LogP contribution is 2.50. The van der Waals surface area contributed by atoms with Crippen LogP contribution in [0.1, 0.15) is 60.3 Å². The monoisotopic (exact) mass is 501 g/mol. The summed E-state index contributed by atoms with van der Waals surface area (Å²) < 4.78 is 10.8. The molecule has 4 aromatic carbocycles. The summed E-state index contributed by atoms with van der Waals surface area (Å²) in [6, 6.07) is 35.3. The molecule has 0 radical (unpaired) electrons. The van der Waals surface area contributed by atoms with E-state index in [-0.39, 0.29) is 0 Å². The summed E-state index contributed by atoms with van der Waals surface area (Å²) in [6.45, 7) is 0. The first-order valence-electron chi connectivity index (χ1n) is 13.7. The third kappa shape index (κ3) is 4.69. The Morgan fingerprint density at radius 2 is 1.34 bits per heavy atom. The first kappa shape index (κ1) is 24.4. The fourth-order valence-corrected chi connectivity index (χ4v) is 6.28. The van der Waals surface area contributed by atoms with E-state index in [1.54, 1.807) is 14.2 Å². The summed E-state index contributed by atoms with van der Waals surface area (Å²) in [7, 11) is 3.42. The maximum Gasteiger partial charge on any atom is 0.118 e. The molecule has 4 aromatic rings. The number of para-hydroxylation sites is 1. The van der Waals surface area contributed by atoms with Gasteiger partial charge in [-0.2, -0.15) is 0 Å². The second-order valence-electron chi connectivity index (χ2n) is 10.4. The third-order valence-electron chi connectivity index (χ3n) is 8.17. The number of nitrogens with zero attached hydrogens (tertiary/aromatic N) is 1. The van der Waals surface area contributed by atoms with E-state index in [1.807, 2.05) is 24.3 Å². The quantitative estimate of drug-likeness (QED) is 0.246. The number of benzene rings is 4. The van der Waals surface area contributed by atoms with Gasteiger partial charge in [0.05, 0.1) is 14.2 Å². The Balaban J connectivity index is 1.45. The number of hydrogen-bond acceptors (Lipinski definition) is 3. The molecule has 0 saturated heterocycles. The van der Waals surface area contributed by atoms with Gasteiger partial charge in [-0.1, -0.05) is 67.8 Å². The highest BCUT2D eigenvalue weighted by atomic mass is 16.5. The molecule has 1 heterocycles. The van der Waals surface area contributed by atoms with Crippen LogP contribution >= 0.6 is 0 Å². The van der Waals surface area contributed by atoms with Crippen molar-refractivity contribution in [1.29, 1.82) is 0 Å². The summed E-state index contributed by atoms with van der Waals surface area (Å²) in [4.78, 5) is 2.62. The van der Waals surface area contributed by atoms with Crippen molar-refractivity contribution in [2.75, 3.05) is 19.1 Å². The van der Waals surface area contributed by atoms with Crippen LogP contribution in [0.3, 0.4) is 0 Å². The molecule has 192 valence electrons. The molecule has 0 aromatic heterocycles. The van der Waals surface area contributed by atoms with Crippen LogP contribution in [0.5, 0.6) is 11.5 Å². The molecule has 38 heavy (non-hydrogen) atoms. The second kappa shape index (κ2) is 10.8. The van der Waals surface area contributed by atoms with Gasteiger partial charge in [-0.05, 0) is 95.3 Å². The van der Waals surface area contributed by atoms with E-state index in [1.165, 1.54) is 60.2 Å². The van der Waals surface area contributed by atoms with Gasteiger partial charge in [-0.25, -0.2) is 0 Å². The predicted molar refractivity (Wildman–Crippen MR) is 158 cm³/mol. The minimum Gasteiger partial charge on any atom is -0.497 e. The highest BCUT2D eigenvalue weighted by molar-refractivity contribution is 5.92. The van der Waals surface area contributed by atoms with Crippen LogP contribution in [0.2, 0.25) is 0 Å². The lowest BCUT2D eigenvalue weighted by molar-refractivity contribution is 0.414. The predicted octanol–water partition coefficient (Wildman–Crippen LogP) is 8.86. The SMILES string of the molecule is COc1ccc(C(=Cc2ccc3c(c2)C2CCCCCC2N3c2ccccc2)c2ccc(OC)cc2)cc1. The van der Waals surface area contributed by atoms with Gasteiger partial charge in [-0.3, -0.25) is 0 Å². The third-order valence-corrected chi connectivity index (χ3v) is 8.17. The maximum atomic E-state index is 5.42. The van der Waals surface area contributed by atoms with Crippen LogP contribution in [0, 0.1) is 0 Å². The molecular formula is C35H35NO2. The average Bonchev–Trinajstić information content (AvgIpc) is 3.10. The molecule has 1 aliphatic heterocycles. The highest BCUT2D eigenvalue weighted by Gasteiger charge is 2.39. The Labute approximate surface area is 226 Å². The minimum absolute atomic E-state index is 0.539. The van der Waals surface area contributed by atoms with Crippen LogP contribution < -0.4 is 14.4 Å². The summed E-state index contributed by atoms with van der Waals surface area (Å²) in [5.74, 6) is 2.30. The van der Waals surface area contributed by atoms with Crippen molar-refractivity contribution in [3.05, 3.63) is 119 Å². The van der Waals surface area contributed by atoms with Crippen molar-refractivity contribution in [2.45, 2.75) is 44.1 Å². The normalized spacial score (nSPS) is 18.2. The Hall–Kier alpha value is -3.98. The fourth-order valence-electron chi connectivity index (χ4n) is 6.28. The first-order valence-corrected chi connectivity index (χ1v) is 13.7. The number of anilines is 2. The smallest absolute Gasteiger partial charge is 0.118 e. The van der Waals surface area contributed by atoms with E-state index in [9.17, 15) is 0 Å². The second-order valence-corrected chi connectivity index (χ2v) is 10.4. The minimum atomic E-state index is 0.539. The van der Waals surface area contributed by atoms with Crippen molar-refractivity contribution >= 4 is 23.0 Å². The van der Waals surface area contributed by atoms with Crippen LogP contribution in [-0.2, 0) is 0 Å². The van der Waals surface area contributed by atoms with Crippen LogP contribution in [-0.4, -0.2) is 20.3 Å². The van der Waals surface area contributed by atoms with Gasteiger partial charge in [0.1, 0.15) is 11.5 Å². The van der Waals surface area contributed by atoms with Crippen molar-refractivity contribution in [2.24, 2.45) is 0 Å². The summed E-state index contributed by atoms with van der Waals surface area (Å²) in [5.41, 5.74) is 8.93. The van der Waals surface area contributed by atoms with Crippen molar-refractivity contribution in [3.8, 4) is 11.5 Å². The Morgan fingerprint density at radius 3 is 1.97 bits per heavy atom. The lowest BCUT2D eigenvalue weighted by atomic mass is 9.89. The summed E-state index contributed by atoms with van der Waals surface area (Å²) in [6.07, 6.45) is 8.81. The molecule has 2 aliphatic rings. The Bertz CT molecular complexity index is 1360. The first-order chi connectivity index (χ1) is 18.7. The molecule has 1 aliphatic carbocycles. The molecule has 0 N–H and O–H groups in total. The summed E-state index contributed by atoms with van der Waals surface area (Å²) >= 11 is 0. The zero-order valence-electron chi connectivity index (χ0n) is 22.3. The Morgan fingerprint density at radius 1 is 0.711 bits per heavy atom. The van der Waals surface area contributed by atoms with Crippen molar-refractivity contribution in [1.82, 2.24) is 0 Å². The largest absolute Gasteiger partial charge is 0.497 e. The van der Waals surface area contributed by atoms with Gasteiger partial charge in [0.25, 0.3) is 0 Å². The lowest BCUT2D eigenvalue weighted by Crippen LogP contribution is -2.29. The number of rotatable bonds is 6. The van der Waals surface area contributed by atoms with E-state index in [4.69, 9.17) is 9.47 Å². The van der Waals surface area contributed by atoms with Crippen LogP contribution in [0.15, 0.2) is 97.1 Å². The molecule has 6 rings (SSSR count). The Kier molecular flexibility index (Phi) is 6.92. The molecule has 0 amide bonds. The van der Waals surface area contributed by atoms with Gasteiger partial charge in [0.15, 0.2) is 0 Å². The number of fused-ring (bicyclic) bond motifs is 3. The van der Waals surface area contributed by atoms with Crippen LogP contribution in [0.25, 0.3) is 11.6 Å². The number of methoxy groups -OCH3 is 2. The average molecular weight is 502 g/mol. The molecule has 0 bridgehead atoms. The van der Waals surface area contributed by atoms with Gasteiger partial charge < -0.3 is 14.4 Å². The van der Waals surface area contributed by atoms with Crippen LogP contribution in [0.4, 0.5) is 11.4 Å². The van der Waals surface area contributed by atoms with E-state index >= 15 is 0 Å². The topological polar surface area (TPSA) is 21.7 Å². The molecule has 3 nitrogen and oxygen atoms in total. The lowest BCUT2D eigenvalue weighted by Gasteiger charge is -2.29. The van der Waals surface area contributed by atoms with Crippen molar-refractivity contribution < 1.29 is 9.47 Å². The maximum absolute atomic E-state index is 5.42. The number of hydrogen-bond donors (Lipinski definition) is 0. The molecular weight excluding hydrogens is 466 g/mol. The van der Waals surface area contributed by atoms with Gasteiger partial charge in [-0.15, -0.1) is 0 Å². The molecule has 2 atom stereocenters. The van der Waals surface area contributed by atoms with Gasteiger partial charge >= 0.3 is 0 Å². The molecule has 0 spiro atoms. The van der Waals surface area contributed by atoms with E-state index in [2.05, 4.69) is 83.8 Å². The standard InChI is InChI=1S/C35H35NO2/c1-37-29-18-14-26(15-19-29)32(27-16-20-30(38-2)21-17-27)23-25-13-22-35-33(24-25)31-11-7-4-8-12-34(31)36(35)28-9-5-3-6-10-28/h3,5-6,9-10,13-24,31,34H,4,7-8,11-12H2,1-2H3. The zero-order chi connectivity index (χ0) is 25.9. The van der Waals surface area contributed by atoms with E-state index in [0.717, 1.165) is 22.6 Å². The van der Waals surface area contributed by atoms with Gasteiger partial charge in [0.2, 0.25) is 0 Å². The number of ether oxygens (including phenoxy) is 2. The van der Waals surface area contributed by atoms with E-state index in [0.29, 0.717) is 12.0 Å². The van der Waals surface area contributed by atoms with Gasteiger partial charge in [0, 0.05) is 23.3 Å². The molecule has 1 saturated carbocycles. The molecule has 2 unspecified atom stereocenters. The molecule has 1 fully saturated rings. The molecule has 3 heteroatoms. The fraction of sp³-hybridized carbons (Fsp3) is 0.257. The summed E-state index contributed by atoms with van der Waals surface area (Å²) in [5, 5.41) is 0.